The monoisotopic (exact) mass is 227 g/mol. The highest BCUT2D eigenvalue weighted by atomic mass is 79.9. The van der Waals surface area contributed by atoms with Crippen LogP contribution in [-0.2, 0) is 12.0 Å². The molecular weight excluding hydrogens is 218 g/mol. The number of pyridine rings is 1. The van der Waals surface area contributed by atoms with Crippen LogP contribution in [0, 0.1) is 0 Å². The molecule has 0 saturated heterocycles. The number of rotatable bonds is 0. The summed E-state index contributed by atoms with van der Waals surface area (Å²) in [6.45, 7) is 1.82. The summed E-state index contributed by atoms with van der Waals surface area (Å²) in [5.74, 6) is 0. The molecule has 1 aromatic heterocycles. The first-order valence-electron chi connectivity index (χ1n) is 3.98. The Labute approximate surface area is 79.8 Å². The molecule has 0 spiro atoms. The van der Waals surface area contributed by atoms with Gasteiger partial charge in [-0.05, 0) is 47.3 Å². The van der Waals surface area contributed by atoms with E-state index in [0.29, 0.717) is 0 Å². The van der Waals surface area contributed by atoms with Gasteiger partial charge in [-0.25, -0.2) is 4.98 Å². The molecular formula is C9H10BrNO. The van der Waals surface area contributed by atoms with Crippen LogP contribution in [-0.4, -0.2) is 10.1 Å². The lowest BCUT2D eigenvalue weighted by Crippen LogP contribution is -2.18. The Kier molecular flexibility index (Phi) is 1.73. The number of nitrogens with zero attached hydrogens (tertiary/aromatic N) is 1. The van der Waals surface area contributed by atoms with Gasteiger partial charge < -0.3 is 5.11 Å². The SMILES string of the molecule is C[C@]1(O)CCc2ccc(Br)nc21. The van der Waals surface area contributed by atoms with Gasteiger partial charge in [0.15, 0.2) is 0 Å². The van der Waals surface area contributed by atoms with Gasteiger partial charge in [-0.1, -0.05) is 6.07 Å². The van der Waals surface area contributed by atoms with Gasteiger partial charge in [0.1, 0.15) is 10.2 Å². The molecule has 0 unspecified atom stereocenters. The van der Waals surface area contributed by atoms with Crippen molar-refractivity contribution in [2.75, 3.05) is 0 Å². The van der Waals surface area contributed by atoms with Gasteiger partial charge in [-0.2, -0.15) is 0 Å². The number of fused-ring (bicyclic) bond motifs is 1. The fraction of sp³-hybridized carbons (Fsp3) is 0.444. The fourth-order valence-electron chi connectivity index (χ4n) is 1.63. The van der Waals surface area contributed by atoms with E-state index >= 15 is 0 Å². The van der Waals surface area contributed by atoms with E-state index in [1.54, 1.807) is 0 Å². The Bertz CT molecular complexity index is 322. The Hall–Kier alpha value is -0.410. The molecule has 0 aliphatic heterocycles. The van der Waals surface area contributed by atoms with Gasteiger partial charge in [-0.15, -0.1) is 0 Å². The van der Waals surface area contributed by atoms with Crippen molar-refractivity contribution in [2.24, 2.45) is 0 Å². The van der Waals surface area contributed by atoms with E-state index in [2.05, 4.69) is 20.9 Å². The van der Waals surface area contributed by atoms with Gasteiger partial charge in [0, 0.05) is 0 Å². The third-order valence-electron chi connectivity index (χ3n) is 2.34. The van der Waals surface area contributed by atoms with E-state index in [1.165, 1.54) is 5.56 Å². The van der Waals surface area contributed by atoms with E-state index in [-0.39, 0.29) is 0 Å². The summed E-state index contributed by atoms with van der Waals surface area (Å²) in [6, 6.07) is 3.94. The molecule has 2 rings (SSSR count). The van der Waals surface area contributed by atoms with Crippen molar-refractivity contribution >= 4 is 15.9 Å². The molecule has 1 atom stereocenters. The summed E-state index contributed by atoms with van der Waals surface area (Å²) in [5, 5.41) is 9.89. The summed E-state index contributed by atoms with van der Waals surface area (Å²) in [6.07, 6.45) is 1.72. The molecule has 0 amide bonds. The molecule has 0 bridgehead atoms. The first-order chi connectivity index (χ1) is 5.59. The Morgan fingerprint density at radius 1 is 1.58 bits per heavy atom. The number of hydrogen-bond donors (Lipinski definition) is 1. The van der Waals surface area contributed by atoms with E-state index in [9.17, 15) is 5.11 Å². The van der Waals surface area contributed by atoms with Crippen molar-refractivity contribution in [1.82, 2.24) is 4.98 Å². The van der Waals surface area contributed by atoms with Gasteiger partial charge in [0.2, 0.25) is 0 Å². The maximum absolute atomic E-state index is 9.89. The smallest absolute Gasteiger partial charge is 0.106 e. The number of aliphatic hydroxyl groups is 1. The van der Waals surface area contributed by atoms with Crippen molar-refractivity contribution in [3.05, 3.63) is 28.0 Å². The van der Waals surface area contributed by atoms with Crippen LogP contribution in [0.4, 0.5) is 0 Å². The zero-order valence-electron chi connectivity index (χ0n) is 6.84. The van der Waals surface area contributed by atoms with Crippen molar-refractivity contribution in [3.8, 4) is 0 Å². The molecule has 0 aromatic carbocycles. The summed E-state index contributed by atoms with van der Waals surface area (Å²) in [4.78, 5) is 4.27. The standard InChI is InChI=1S/C9H10BrNO/c1-9(12)5-4-6-2-3-7(10)11-8(6)9/h2-3,12H,4-5H2,1H3/t9-/m0/s1. The first kappa shape index (κ1) is 8.20. The highest BCUT2D eigenvalue weighted by molar-refractivity contribution is 9.10. The van der Waals surface area contributed by atoms with Crippen molar-refractivity contribution in [1.29, 1.82) is 0 Å². The lowest BCUT2D eigenvalue weighted by molar-refractivity contribution is 0.0552. The zero-order chi connectivity index (χ0) is 8.77. The largest absolute Gasteiger partial charge is 0.384 e. The molecule has 1 N–H and O–H groups in total. The molecule has 3 heteroatoms. The van der Waals surface area contributed by atoms with E-state index in [0.717, 1.165) is 23.1 Å². The second kappa shape index (κ2) is 2.54. The highest BCUT2D eigenvalue weighted by Gasteiger charge is 2.33. The second-order valence-corrected chi connectivity index (χ2v) is 4.23. The first-order valence-corrected chi connectivity index (χ1v) is 4.77. The molecule has 1 aliphatic carbocycles. The average Bonchev–Trinajstić information content (AvgIpc) is 2.28. The minimum atomic E-state index is -0.723. The topological polar surface area (TPSA) is 33.1 Å². The summed E-state index contributed by atoms with van der Waals surface area (Å²) >= 11 is 3.29. The van der Waals surface area contributed by atoms with Gasteiger partial charge in [0.25, 0.3) is 0 Å². The molecule has 12 heavy (non-hydrogen) atoms. The second-order valence-electron chi connectivity index (χ2n) is 3.42. The number of aromatic nitrogens is 1. The van der Waals surface area contributed by atoms with Crippen molar-refractivity contribution < 1.29 is 5.11 Å². The van der Waals surface area contributed by atoms with Crippen LogP contribution in [0.3, 0.4) is 0 Å². The summed E-state index contributed by atoms with van der Waals surface area (Å²) < 4.78 is 0.795. The molecule has 1 aliphatic rings. The van der Waals surface area contributed by atoms with Crippen LogP contribution in [0.1, 0.15) is 24.6 Å². The van der Waals surface area contributed by atoms with E-state index in [1.807, 2.05) is 19.1 Å². The molecule has 1 heterocycles. The summed E-state index contributed by atoms with van der Waals surface area (Å²) in [7, 11) is 0. The van der Waals surface area contributed by atoms with Crippen molar-refractivity contribution in [2.45, 2.75) is 25.4 Å². The molecule has 0 fully saturated rings. The normalized spacial score (nSPS) is 27.2. The third kappa shape index (κ3) is 1.17. The average molecular weight is 228 g/mol. The Balaban J connectivity index is 2.57. The van der Waals surface area contributed by atoms with E-state index < -0.39 is 5.60 Å². The number of aryl methyl sites for hydroxylation is 1. The van der Waals surface area contributed by atoms with Crippen LogP contribution in [0.2, 0.25) is 0 Å². The Morgan fingerprint density at radius 2 is 2.33 bits per heavy atom. The van der Waals surface area contributed by atoms with Gasteiger partial charge >= 0.3 is 0 Å². The van der Waals surface area contributed by atoms with Crippen LogP contribution in [0.15, 0.2) is 16.7 Å². The zero-order valence-corrected chi connectivity index (χ0v) is 8.43. The predicted octanol–water partition coefficient (Wildman–Crippen LogP) is 2.00. The van der Waals surface area contributed by atoms with Crippen molar-refractivity contribution in [3.63, 3.8) is 0 Å². The molecule has 2 nitrogen and oxygen atoms in total. The van der Waals surface area contributed by atoms with Gasteiger partial charge in [-0.3, -0.25) is 0 Å². The highest BCUT2D eigenvalue weighted by Crippen LogP contribution is 2.35. The minimum Gasteiger partial charge on any atom is -0.384 e. The molecule has 0 radical (unpaired) electrons. The van der Waals surface area contributed by atoms with Crippen LogP contribution >= 0.6 is 15.9 Å². The fourth-order valence-corrected chi connectivity index (χ4v) is 1.94. The predicted molar refractivity (Wildman–Crippen MR) is 49.8 cm³/mol. The minimum absolute atomic E-state index is 0.723. The quantitative estimate of drug-likeness (QED) is 0.689. The molecule has 1 aromatic rings. The third-order valence-corrected chi connectivity index (χ3v) is 2.78. The van der Waals surface area contributed by atoms with Crippen LogP contribution in [0.5, 0.6) is 0 Å². The van der Waals surface area contributed by atoms with E-state index in [4.69, 9.17) is 0 Å². The van der Waals surface area contributed by atoms with Crippen LogP contribution in [0.25, 0.3) is 0 Å². The molecule has 64 valence electrons. The maximum Gasteiger partial charge on any atom is 0.106 e. The number of halogens is 1. The van der Waals surface area contributed by atoms with Gasteiger partial charge in [0.05, 0.1) is 5.69 Å². The lowest BCUT2D eigenvalue weighted by atomic mass is 10.0. The lowest BCUT2D eigenvalue weighted by Gasteiger charge is -2.15. The molecule has 0 saturated carbocycles. The summed E-state index contributed by atoms with van der Waals surface area (Å²) in [5.41, 5.74) is 1.28. The van der Waals surface area contributed by atoms with Crippen LogP contribution < -0.4 is 0 Å². The maximum atomic E-state index is 9.89. The Morgan fingerprint density at radius 3 is 3.08 bits per heavy atom. The number of hydrogen-bond acceptors (Lipinski definition) is 2.